The van der Waals surface area contributed by atoms with Gasteiger partial charge < -0.3 is 4.90 Å². The highest BCUT2D eigenvalue weighted by atomic mass is 15.1. The SMILES string of the molecule is c1ccc(CN2c3ccccc3CCc3ccccc32)cc1. The van der Waals surface area contributed by atoms with Gasteiger partial charge in [-0.25, -0.2) is 0 Å². The van der Waals surface area contributed by atoms with Gasteiger partial charge >= 0.3 is 0 Å². The molecule has 0 bridgehead atoms. The standard InChI is InChI=1S/C21H19N/c1-2-8-17(9-3-1)16-22-20-12-6-4-10-18(20)14-15-19-11-5-7-13-21(19)22/h1-13H,14-16H2. The number of para-hydroxylation sites is 2. The molecule has 22 heavy (non-hydrogen) atoms. The van der Waals surface area contributed by atoms with Crippen LogP contribution < -0.4 is 4.90 Å². The van der Waals surface area contributed by atoms with Crippen molar-refractivity contribution in [3.63, 3.8) is 0 Å². The van der Waals surface area contributed by atoms with Crippen molar-refractivity contribution in [3.8, 4) is 0 Å². The van der Waals surface area contributed by atoms with Gasteiger partial charge in [-0.1, -0.05) is 66.7 Å². The quantitative estimate of drug-likeness (QED) is 0.631. The van der Waals surface area contributed by atoms with E-state index in [4.69, 9.17) is 0 Å². The van der Waals surface area contributed by atoms with Crippen molar-refractivity contribution in [3.05, 3.63) is 95.6 Å². The fourth-order valence-electron chi connectivity index (χ4n) is 3.31. The zero-order valence-electron chi connectivity index (χ0n) is 12.6. The van der Waals surface area contributed by atoms with Gasteiger partial charge in [0.2, 0.25) is 0 Å². The highest BCUT2D eigenvalue weighted by Crippen LogP contribution is 2.36. The summed E-state index contributed by atoms with van der Waals surface area (Å²) in [6.45, 7) is 0.912. The van der Waals surface area contributed by atoms with Crippen LogP contribution in [0.15, 0.2) is 78.9 Å². The van der Waals surface area contributed by atoms with Gasteiger partial charge in [-0.2, -0.15) is 0 Å². The molecule has 0 aliphatic carbocycles. The molecule has 3 aromatic carbocycles. The van der Waals surface area contributed by atoms with E-state index in [2.05, 4.69) is 83.8 Å². The molecule has 0 radical (unpaired) electrons. The van der Waals surface area contributed by atoms with Crippen molar-refractivity contribution >= 4 is 11.4 Å². The summed E-state index contributed by atoms with van der Waals surface area (Å²) in [5.41, 5.74) is 6.91. The Bertz CT molecular complexity index is 729. The van der Waals surface area contributed by atoms with Crippen molar-refractivity contribution in [2.75, 3.05) is 4.90 Å². The average Bonchev–Trinajstić information content (AvgIpc) is 2.74. The summed E-state index contributed by atoms with van der Waals surface area (Å²) in [5.74, 6) is 0. The molecule has 4 rings (SSSR count). The third kappa shape index (κ3) is 2.39. The molecule has 0 atom stereocenters. The summed E-state index contributed by atoms with van der Waals surface area (Å²) in [5, 5.41) is 0. The molecule has 0 saturated carbocycles. The van der Waals surface area contributed by atoms with E-state index in [-0.39, 0.29) is 0 Å². The summed E-state index contributed by atoms with van der Waals surface area (Å²) >= 11 is 0. The maximum atomic E-state index is 2.47. The predicted molar refractivity (Wildman–Crippen MR) is 92.6 cm³/mol. The smallest absolute Gasteiger partial charge is 0.0481 e. The summed E-state index contributed by atoms with van der Waals surface area (Å²) in [6, 6.07) is 28.3. The first-order valence-corrected chi connectivity index (χ1v) is 7.89. The number of hydrogen-bond donors (Lipinski definition) is 0. The molecule has 0 fully saturated rings. The molecule has 108 valence electrons. The van der Waals surface area contributed by atoms with Crippen LogP contribution in [0.1, 0.15) is 16.7 Å². The monoisotopic (exact) mass is 285 g/mol. The Labute approximate surface area is 131 Å². The van der Waals surface area contributed by atoms with Crippen LogP contribution >= 0.6 is 0 Å². The molecular formula is C21H19N. The maximum absolute atomic E-state index is 2.47. The Morgan fingerprint density at radius 3 is 1.68 bits per heavy atom. The Kier molecular flexibility index (Phi) is 3.40. The first-order chi connectivity index (χ1) is 10.9. The van der Waals surface area contributed by atoms with Crippen LogP contribution in [0.25, 0.3) is 0 Å². The lowest BCUT2D eigenvalue weighted by Gasteiger charge is -2.27. The molecule has 1 nitrogen and oxygen atoms in total. The van der Waals surface area contributed by atoms with E-state index in [0.29, 0.717) is 0 Å². The predicted octanol–water partition coefficient (Wildman–Crippen LogP) is 5.12. The zero-order valence-corrected chi connectivity index (χ0v) is 12.6. The first-order valence-electron chi connectivity index (χ1n) is 7.89. The van der Waals surface area contributed by atoms with E-state index >= 15 is 0 Å². The van der Waals surface area contributed by atoms with Crippen LogP contribution in [0.5, 0.6) is 0 Å². The van der Waals surface area contributed by atoms with Gasteiger partial charge in [0.1, 0.15) is 0 Å². The van der Waals surface area contributed by atoms with Gasteiger partial charge in [-0.15, -0.1) is 0 Å². The van der Waals surface area contributed by atoms with Crippen molar-refractivity contribution in [1.82, 2.24) is 0 Å². The minimum absolute atomic E-state index is 0.912. The van der Waals surface area contributed by atoms with Crippen molar-refractivity contribution in [2.24, 2.45) is 0 Å². The second-order valence-electron chi connectivity index (χ2n) is 5.83. The number of aryl methyl sites for hydroxylation is 2. The minimum Gasteiger partial charge on any atom is -0.337 e. The molecule has 0 N–H and O–H groups in total. The number of anilines is 2. The van der Waals surface area contributed by atoms with Gasteiger partial charge in [0.05, 0.1) is 0 Å². The maximum Gasteiger partial charge on any atom is 0.0481 e. The molecule has 1 aliphatic heterocycles. The Morgan fingerprint density at radius 1 is 0.591 bits per heavy atom. The molecule has 0 saturated heterocycles. The second-order valence-corrected chi connectivity index (χ2v) is 5.83. The number of rotatable bonds is 2. The van der Waals surface area contributed by atoms with Crippen molar-refractivity contribution < 1.29 is 0 Å². The third-order valence-corrected chi connectivity index (χ3v) is 4.41. The Hall–Kier alpha value is -2.54. The fourth-order valence-corrected chi connectivity index (χ4v) is 3.31. The van der Waals surface area contributed by atoms with E-state index in [1.165, 1.54) is 28.1 Å². The molecule has 1 aliphatic rings. The van der Waals surface area contributed by atoms with E-state index in [1.54, 1.807) is 0 Å². The number of benzene rings is 3. The van der Waals surface area contributed by atoms with Crippen LogP contribution in [0.2, 0.25) is 0 Å². The Balaban J connectivity index is 1.84. The average molecular weight is 285 g/mol. The van der Waals surface area contributed by atoms with Gasteiger partial charge in [0, 0.05) is 17.9 Å². The zero-order chi connectivity index (χ0) is 14.8. The van der Waals surface area contributed by atoms with Crippen molar-refractivity contribution in [2.45, 2.75) is 19.4 Å². The summed E-state index contributed by atoms with van der Waals surface area (Å²) in [6.07, 6.45) is 2.22. The van der Waals surface area contributed by atoms with Crippen LogP contribution in [0.3, 0.4) is 0 Å². The molecule has 1 heteroatoms. The summed E-state index contributed by atoms with van der Waals surface area (Å²) in [7, 11) is 0. The van der Waals surface area contributed by atoms with Gasteiger partial charge in [0.15, 0.2) is 0 Å². The second kappa shape index (κ2) is 5.69. The lowest BCUT2D eigenvalue weighted by Crippen LogP contribution is -2.17. The van der Waals surface area contributed by atoms with E-state index < -0.39 is 0 Å². The molecule has 0 amide bonds. The minimum atomic E-state index is 0.912. The topological polar surface area (TPSA) is 3.24 Å². The first kappa shape index (κ1) is 13.1. The molecule has 1 heterocycles. The van der Waals surface area contributed by atoms with E-state index in [9.17, 15) is 0 Å². The van der Waals surface area contributed by atoms with Gasteiger partial charge in [-0.05, 0) is 41.7 Å². The molecule has 0 spiro atoms. The lowest BCUT2D eigenvalue weighted by atomic mass is 10.0. The molecule has 0 aromatic heterocycles. The summed E-state index contributed by atoms with van der Waals surface area (Å²) in [4.78, 5) is 2.47. The molecule has 3 aromatic rings. The highest BCUT2D eigenvalue weighted by Gasteiger charge is 2.19. The molecule has 0 unspecified atom stereocenters. The van der Waals surface area contributed by atoms with E-state index in [1.807, 2.05) is 0 Å². The highest BCUT2D eigenvalue weighted by molar-refractivity contribution is 5.71. The number of nitrogens with zero attached hydrogens (tertiary/aromatic N) is 1. The Morgan fingerprint density at radius 2 is 1.09 bits per heavy atom. The van der Waals surface area contributed by atoms with E-state index in [0.717, 1.165) is 19.4 Å². The third-order valence-electron chi connectivity index (χ3n) is 4.41. The lowest BCUT2D eigenvalue weighted by molar-refractivity contribution is 0.970. The largest absolute Gasteiger partial charge is 0.337 e. The number of fused-ring (bicyclic) bond motifs is 2. The fraction of sp³-hybridized carbons (Fsp3) is 0.143. The van der Waals surface area contributed by atoms with Gasteiger partial charge in [-0.3, -0.25) is 0 Å². The molecular weight excluding hydrogens is 266 g/mol. The summed E-state index contributed by atoms with van der Waals surface area (Å²) < 4.78 is 0. The van der Waals surface area contributed by atoms with Gasteiger partial charge in [0.25, 0.3) is 0 Å². The van der Waals surface area contributed by atoms with Crippen LogP contribution in [0.4, 0.5) is 11.4 Å². The van der Waals surface area contributed by atoms with Crippen LogP contribution in [-0.2, 0) is 19.4 Å². The number of hydrogen-bond acceptors (Lipinski definition) is 1. The van der Waals surface area contributed by atoms with Crippen LogP contribution in [-0.4, -0.2) is 0 Å². The van der Waals surface area contributed by atoms with Crippen molar-refractivity contribution in [1.29, 1.82) is 0 Å². The van der Waals surface area contributed by atoms with Crippen LogP contribution in [0, 0.1) is 0 Å². The normalized spacial score (nSPS) is 13.2.